The molecule has 4 atom stereocenters. The zero-order valence-electron chi connectivity index (χ0n) is 11.9. The summed E-state index contributed by atoms with van der Waals surface area (Å²) in [4.78, 5) is 14.8. The number of rotatable bonds is 1. The van der Waals surface area contributed by atoms with Gasteiger partial charge in [0, 0.05) is 24.5 Å². The molecule has 0 radical (unpaired) electrons. The van der Waals surface area contributed by atoms with E-state index in [4.69, 9.17) is 5.73 Å². The van der Waals surface area contributed by atoms with Gasteiger partial charge in [0.1, 0.15) is 0 Å². The van der Waals surface area contributed by atoms with Gasteiger partial charge in [0.2, 0.25) is 5.91 Å². The monoisotopic (exact) mass is 252 g/mol. The van der Waals surface area contributed by atoms with Crippen LogP contribution in [0.25, 0.3) is 0 Å². The van der Waals surface area contributed by atoms with Crippen LogP contribution in [-0.4, -0.2) is 29.4 Å². The Morgan fingerprint density at radius 3 is 2.61 bits per heavy atom. The van der Waals surface area contributed by atoms with Gasteiger partial charge >= 0.3 is 0 Å². The normalized spacial score (nSPS) is 38.3. The highest BCUT2D eigenvalue weighted by Crippen LogP contribution is 2.30. The molecule has 1 saturated carbocycles. The fourth-order valence-electron chi connectivity index (χ4n) is 3.42. The van der Waals surface area contributed by atoms with E-state index in [0.29, 0.717) is 17.9 Å². The van der Waals surface area contributed by atoms with Gasteiger partial charge < -0.3 is 10.6 Å². The number of carbonyl (C=O) groups is 1. The number of nitrogens with zero attached hydrogens (tertiary/aromatic N) is 1. The fraction of sp³-hybridized carbons (Fsp3) is 0.933. The van der Waals surface area contributed by atoms with Crippen LogP contribution in [0.3, 0.4) is 0 Å². The Morgan fingerprint density at radius 2 is 1.89 bits per heavy atom. The van der Waals surface area contributed by atoms with Gasteiger partial charge in [-0.25, -0.2) is 0 Å². The highest BCUT2D eigenvalue weighted by Gasteiger charge is 2.33. The van der Waals surface area contributed by atoms with E-state index >= 15 is 0 Å². The summed E-state index contributed by atoms with van der Waals surface area (Å²) in [6.07, 6.45) is 7.92. The summed E-state index contributed by atoms with van der Waals surface area (Å²) in [5.74, 6) is 1.15. The molecule has 1 amide bonds. The predicted octanol–water partition coefficient (Wildman–Crippen LogP) is 2.54. The zero-order chi connectivity index (χ0) is 13.1. The number of carbonyl (C=O) groups excluding carboxylic acids is 1. The molecular weight excluding hydrogens is 224 g/mol. The van der Waals surface area contributed by atoms with E-state index in [2.05, 4.69) is 18.7 Å². The summed E-state index contributed by atoms with van der Waals surface area (Å²) in [6, 6.07) is 0.644. The van der Waals surface area contributed by atoms with Gasteiger partial charge in [-0.15, -0.1) is 0 Å². The Bertz CT molecular complexity index is 292. The van der Waals surface area contributed by atoms with Crippen molar-refractivity contribution in [1.82, 2.24) is 4.90 Å². The maximum Gasteiger partial charge on any atom is 0.225 e. The van der Waals surface area contributed by atoms with Crippen LogP contribution in [0, 0.1) is 11.8 Å². The first-order chi connectivity index (χ1) is 8.59. The molecule has 1 saturated heterocycles. The maximum atomic E-state index is 12.6. The molecule has 2 aliphatic rings. The van der Waals surface area contributed by atoms with E-state index in [-0.39, 0.29) is 12.0 Å². The molecule has 104 valence electrons. The summed E-state index contributed by atoms with van der Waals surface area (Å²) in [6.45, 7) is 5.37. The summed E-state index contributed by atoms with van der Waals surface area (Å²) < 4.78 is 0. The lowest BCUT2D eigenvalue weighted by molar-refractivity contribution is -0.139. The molecule has 2 rings (SSSR count). The quantitative estimate of drug-likeness (QED) is 0.779. The molecule has 0 bridgehead atoms. The fourth-order valence-corrected chi connectivity index (χ4v) is 3.42. The smallest absolute Gasteiger partial charge is 0.225 e. The lowest BCUT2D eigenvalue weighted by Crippen LogP contribution is -2.46. The Morgan fingerprint density at radius 1 is 1.11 bits per heavy atom. The van der Waals surface area contributed by atoms with Crippen LogP contribution in [0.4, 0.5) is 0 Å². The molecule has 3 heteroatoms. The lowest BCUT2D eigenvalue weighted by Gasteiger charge is -2.36. The first kappa shape index (κ1) is 13.9. The topological polar surface area (TPSA) is 46.3 Å². The first-order valence-corrected chi connectivity index (χ1v) is 7.65. The van der Waals surface area contributed by atoms with Crippen LogP contribution < -0.4 is 5.73 Å². The van der Waals surface area contributed by atoms with Crippen molar-refractivity contribution in [3.05, 3.63) is 0 Å². The average Bonchev–Trinajstić information content (AvgIpc) is 2.56. The summed E-state index contributed by atoms with van der Waals surface area (Å²) in [5, 5.41) is 0. The largest absolute Gasteiger partial charge is 0.340 e. The average molecular weight is 252 g/mol. The van der Waals surface area contributed by atoms with Crippen molar-refractivity contribution in [1.29, 1.82) is 0 Å². The highest BCUT2D eigenvalue weighted by molar-refractivity contribution is 5.79. The second-order valence-electron chi connectivity index (χ2n) is 6.38. The molecule has 1 aliphatic heterocycles. The van der Waals surface area contributed by atoms with Crippen LogP contribution in [0.2, 0.25) is 0 Å². The van der Waals surface area contributed by atoms with E-state index in [1.54, 1.807) is 0 Å². The number of amides is 1. The van der Waals surface area contributed by atoms with Gasteiger partial charge in [-0.05, 0) is 44.9 Å². The Labute approximate surface area is 111 Å². The molecule has 4 unspecified atom stereocenters. The second kappa shape index (κ2) is 6.05. The van der Waals surface area contributed by atoms with Crippen LogP contribution in [0.1, 0.15) is 58.8 Å². The van der Waals surface area contributed by atoms with E-state index in [0.717, 1.165) is 25.8 Å². The van der Waals surface area contributed by atoms with E-state index in [1.807, 2.05) is 0 Å². The van der Waals surface area contributed by atoms with E-state index in [1.165, 1.54) is 25.7 Å². The van der Waals surface area contributed by atoms with Gasteiger partial charge in [-0.1, -0.05) is 19.8 Å². The van der Waals surface area contributed by atoms with Crippen molar-refractivity contribution >= 4 is 5.91 Å². The van der Waals surface area contributed by atoms with Crippen molar-refractivity contribution in [2.24, 2.45) is 17.6 Å². The minimum Gasteiger partial charge on any atom is -0.340 e. The van der Waals surface area contributed by atoms with Crippen molar-refractivity contribution in [3.8, 4) is 0 Å². The minimum atomic E-state index is 0.191. The molecule has 2 fully saturated rings. The van der Waals surface area contributed by atoms with E-state index in [9.17, 15) is 4.79 Å². The van der Waals surface area contributed by atoms with Crippen LogP contribution >= 0.6 is 0 Å². The van der Waals surface area contributed by atoms with Gasteiger partial charge in [0.25, 0.3) is 0 Å². The molecule has 0 aromatic rings. The lowest BCUT2D eigenvalue weighted by atomic mass is 9.79. The first-order valence-electron chi connectivity index (χ1n) is 7.65. The van der Waals surface area contributed by atoms with Crippen molar-refractivity contribution in [3.63, 3.8) is 0 Å². The third-order valence-corrected chi connectivity index (χ3v) is 4.94. The number of nitrogens with two attached hydrogens (primary N) is 1. The SMILES string of the molecule is CC1CCC(C(=O)N2CCCCCC2C)CC1N. The van der Waals surface area contributed by atoms with Crippen LogP contribution in [0.15, 0.2) is 0 Å². The van der Waals surface area contributed by atoms with Gasteiger partial charge in [-0.2, -0.15) is 0 Å². The van der Waals surface area contributed by atoms with Crippen molar-refractivity contribution in [2.45, 2.75) is 70.9 Å². The van der Waals surface area contributed by atoms with Gasteiger partial charge in [-0.3, -0.25) is 4.79 Å². The molecule has 18 heavy (non-hydrogen) atoms. The van der Waals surface area contributed by atoms with Gasteiger partial charge in [0.15, 0.2) is 0 Å². The summed E-state index contributed by atoms with van der Waals surface area (Å²) in [5.41, 5.74) is 6.13. The Hall–Kier alpha value is -0.570. The third-order valence-electron chi connectivity index (χ3n) is 4.94. The molecule has 0 aromatic carbocycles. The number of hydrogen-bond donors (Lipinski definition) is 1. The molecule has 1 aliphatic carbocycles. The Balaban J connectivity index is 1.97. The highest BCUT2D eigenvalue weighted by atomic mass is 16.2. The number of hydrogen-bond acceptors (Lipinski definition) is 2. The minimum absolute atomic E-state index is 0.191. The molecule has 3 nitrogen and oxygen atoms in total. The summed E-state index contributed by atoms with van der Waals surface area (Å²) in [7, 11) is 0. The van der Waals surface area contributed by atoms with Gasteiger partial charge in [0.05, 0.1) is 0 Å². The molecule has 2 N–H and O–H groups in total. The standard InChI is InChI=1S/C15H28N2O/c1-11-7-8-13(10-14(11)16)15(18)17-9-5-3-4-6-12(17)2/h11-14H,3-10,16H2,1-2H3. The second-order valence-corrected chi connectivity index (χ2v) is 6.38. The maximum absolute atomic E-state index is 12.6. The Kier molecular flexibility index (Phi) is 4.66. The van der Waals surface area contributed by atoms with Crippen molar-refractivity contribution in [2.75, 3.05) is 6.54 Å². The summed E-state index contributed by atoms with van der Waals surface area (Å²) >= 11 is 0. The molecule has 1 heterocycles. The molecular formula is C15H28N2O. The number of likely N-dealkylation sites (tertiary alicyclic amines) is 1. The predicted molar refractivity (Wildman–Crippen MR) is 74.1 cm³/mol. The van der Waals surface area contributed by atoms with Crippen LogP contribution in [0.5, 0.6) is 0 Å². The third kappa shape index (κ3) is 3.05. The van der Waals surface area contributed by atoms with Crippen molar-refractivity contribution < 1.29 is 4.79 Å². The van der Waals surface area contributed by atoms with Crippen LogP contribution in [-0.2, 0) is 4.79 Å². The van der Waals surface area contributed by atoms with E-state index < -0.39 is 0 Å². The molecule has 0 aromatic heterocycles. The molecule has 0 spiro atoms. The zero-order valence-corrected chi connectivity index (χ0v) is 11.9.